The van der Waals surface area contributed by atoms with Gasteiger partial charge in [-0.05, 0) is 113 Å². The lowest BCUT2D eigenvalue weighted by atomic mass is 9.80. The molecule has 190 valence electrons. The van der Waals surface area contributed by atoms with E-state index < -0.39 is 17.7 Å². The van der Waals surface area contributed by atoms with Gasteiger partial charge in [-0.1, -0.05) is 0 Å². The Bertz CT molecular complexity index is 1160. The highest BCUT2D eigenvalue weighted by atomic mass is 19.1. The Kier molecular flexibility index (Phi) is 7.00. The Morgan fingerprint density at radius 3 is 2.57 bits per heavy atom. The minimum absolute atomic E-state index is 0.159. The summed E-state index contributed by atoms with van der Waals surface area (Å²) < 4.78 is 33.0. The zero-order chi connectivity index (χ0) is 25.7. The number of benzene rings is 2. The van der Waals surface area contributed by atoms with E-state index >= 15 is 4.39 Å². The standard InChI is InChI=1S/C29H38FNO4/c1-9-33-28(32)27(35-29(6,7)8)25-16(3)21-14-31-18(5)23(21)17(4)24(25)20-13-22(30)26-19(15(20)2)11-10-12-34-26/h13,18,27,31H,9-12,14H2,1-8H3/t18-,27+/m1/s1. The molecule has 2 aliphatic heterocycles. The summed E-state index contributed by atoms with van der Waals surface area (Å²) in [7, 11) is 0. The van der Waals surface area contributed by atoms with Gasteiger partial charge in [-0.3, -0.25) is 0 Å². The Hall–Kier alpha value is -2.44. The average Bonchev–Trinajstić information content (AvgIpc) is 3.19. The lowest BCUT2D eigenvalue weighted by Gasteiger charge is -2.32. The van der Waals surface area contributed by atoms with Crippen LogP contribution in [0.15, 0.2) is 6.07 Å². The second-order valence-electron chi connectivity index (χ2n) is 10.7. The summed E-state index contributed by atoms with van der Waals surface area (Å²) in [4.78, 5) is 13.4. The van der Waals surface area contributed by atoms with Gasteiger partial charge in [0.2, 0.25) is 0 Å². The molecule has 0 saturated carbocycles. The molecule has 6 heteroatoms. The molecule has 1 N–H and O–H groups in total. The van der Waals surface area contributed by atoms with Gasteiger partial charge in [0, 0.05) is 23.7 Å². The molecule has 4 rings (SSSR count). The summed E-state index contributed by atoms with van der Waals surface area (Å²) in [5.41, 5.74) is 8.16. The molecule has 2 heterocycles. The van der Waals surface area contributed by atoms with Crippen LogP contribution in [0.3, 0.4) is 0 Å². The van der Waals surface area contributed by atoms with Gasteiger partial charge in [-0.25, -0.2) is 9.18 Å². The highest BCUT2D eigenvalue weighted by Gasteiger charge is 2.37. The van der Waals surface area contributed by atoms with Crippen molar-refractivity contribution in [2.24, 2.45) is 0 Å². The van der Waals surface area contributed by atoms with Crippen LogP contribution in [0.25, 0.3) is 11.1 Å². The van der Waals surface area contributed by atoms with Crippen LogP contribution in [0.2, 0.25) is 0 Å². The van der Waals surface area contributed by atoms with E-state index in [9.17, 15) is 4.79 Å². The Morgan fingerprint density at radius 1 is 1.20 bits per heavy atom. The second kappa shape index (κ2) is 9.55. The maximum absolute atomic E-state index is 15.4. The first kappa shape index (κ1) is 25.6. The average molecular weight is 484 g/mol. The molecule has 0 bridgehead atoms. The third-order valence-electron chi connectivity index (χ3n) is 7.19. The highest BCUT2D eigenvalue weighted by Crippen LogP contribution is 2.47. The van der Waals surface area contributed by atoms with Gasteiger partial charge in [0.1, 0.15) is 0 Å². The fourth-order valence-corrected chi connectivity index (χ4v) is 5.67. The summed E-state index contributed by atoms with van der Waals surface area (Å²) >= 11 is 0. The minimum atomic E-state index is -0.931. The molecule has 2 aromatic rings. The van der Waals surface area contributed by atoms with E-state index in [-0.39, 0.29) is 18.5 Å². The number of ether oxygens (including phenoxy) is 3. The van der Waals surface area contributed by atoms with Crippen molar-refractivity contribution in [2.45, 2.75) is 92.5 Å². The summed E-state index contributed by atoms with van der Waals surface area (Å²) in [6, 6.07) is 1.73. The van der Waals surface area contributed by atoms with Crippen LogP contribution >= 0.6 is 0 Å². The Balaban J connectivity index is 2.08. The number of halogens is 1. The van der Waals surface area contributed by atoms with E-state index in [4.69, 9.17) is 14.2 Å². The predicted molar refractivity (Wildman–Crippen MR) is 135 cm³/mol. The maximum Gasteiger partial charge on any atom is 0.339 e. The number of hydrogen-bond acceptors (Lipinski definition) is 5. The van der Waals surface area contributed by atoms with E-state index in [0.717, 1.165) is 51.8 Å². The molecule has 5 nitrogen and oxygen atoms in total. The number of rotatable bonds is 5. The van der Waals surface area contributed by atoms with Crippen molar-refractivity contribution in [3.63, 3.8) is 0 Å². The molecule has 0 aliphatic carbocycles. The maximum atomic E-state index is 15.4. The van der Waals surface area contributed by atoms with E-state index in [1.807, 2.05) is 34.6 Å². The van der Waals surface area contributed by atoms with Crippen LogP contribution in [0, 0.1) is 26.6 Å². The van der Waals surface area contributed by atoms with Crippen LogP contribution in [-0.2, 0) is 27.2 Å². The third-order valence-corrected chi connectivity index (χ3v) is 7.19. The smallest absolute Gasteiger partial charge is 0.339 e. The van der Waals surface area contributed by atoms with Crippen LogP contribution in [0.5, 0.6) is 5.75 Å². The molecule has 0 aromatic heterocycles. The Morgan fingerprint density at radius 2 is 1.91 bits per heavy atom. The van der Waals surface area contributed by atoms with Crippen LogP contribution in [0.4, 0.5) is 4.39 Å². The number of carbonyl (C=O) groups is 1. The molecule has 0 fully saturated rings. The van der Waals surface area contributed by atoms with Crippen LogP contribution in [-0.4, -0.2) is 24.8 Å². The predicted octanol–water partition coefficient (Wildman–Crippen LogP) is 6.33. The van der Waals surface area contributed by atoms with Gasteiger partial charge in [-0.15, -0.1) is 0 Å². The van der Waals surface area contributed by atoms with Crippen LogP contribution in [0.1, 0.15) is 92.1 Å². The van der Waals surface area contributed by atoms with Crippen molar-refractivity contribution in [1.82, 2.24) is 5.32 Å². The second-order valence-corrected chi connectivity index (χ2v) is 10.7. The zero-order valence-electron chi connectivity index (χ0n) is 22.3. The minimum Gasteiger partial charge on any atom is -0.490 e. The van der Waals surface area contributed by atoms with Gasteiger partial charge in [-0.2, -0.15) is 0 Å². The number of hydrogen-bond donors (Lipinski definition) is 1. The quantitative estimate of drug-likeness (QED) is 0.504. The van der Waals surface area contributed by atoms with E-state index in [1.165, 1.54) is 11.1 Å². The van der Waals surface area contributed by atoms with E-state index in [0.29, 0.717) is 18.9 Å². The first-order valence-corrected chi connectivity index (χ1v) is 12.6. The van der Waals surface area contributed by atoms with Gasteiger partial charge >= 0.3 is 5.97 Å². The fourth-order valence-electron chi connectivity index (χ4n) is 5.67. The fraction of sp³-hybridized carbons (Fsp3) is 0.552. The lowest BCUT2D eigenvalue weighted by molar-refractivity contribution is -0.166. The van der Waals surface area contributed by atoms with Crippen molar-refractivity contribution in [3.8, 4) is 16.9 Å². The zero-order valence-corrected chi connectivity index (χ0v) is 22.3. The molecule has 2 aromatic carbocycles. The molecule has 0 radical (unpaired) electrons. The van der Waals surface area contributed by atoms with Gasteiger partial charge in [0.15, 0.2) is 17.7 Å². The molecular weight excluding hydrogens is 445 g/mol. The first-order valence-electron chi connectivity index (χ1n) is 12.6. The largest absolute Gasteiger partial charge is 0.490 e. The SMILES string of the molecule is CCOC(=O)[C@@H](OC(C)(C)C)c1c(C)c2c(c(C)c1-c1cc(F)c3c(c1C)CCCO3)[C@@H](C)NC2. The number of esters is 1. The summed E-state index contributed by atoms with van der Waals surface area (Å²) in [6.45, 7) is 17.4. The summed E-state index contributed by atoms with van der Waals surface area (Å²) in [5.74, 6) is -0.429. The monoisotopic (exact) mass is 483 g/mol. The molecule has 2 atom stereocenters. The number of fused-ring (bicyclic) bond motifs is 2. The topological polar surface area (TPSA) is 56.8 Å². The lowest BCUT2D eigenvalue weighted by Crippen LogP contribution is -2.30. The molecule has 35 heavy (non-hydrogen) atoms. The number of nitrogens with one attached hydrogen (secondary N) is 1. The normalized spacial score (nSPS) is 18.0. The van der Waals surface area contributed by atoms with Gasteiger partial charge < -0.3 is 19.5 Å². The van der Waals surface area contributed by atoms with Crippen molar-refractivity contribution in [1.29, 1.82) is 0 Å². The molecule has 2 aliphatic rings. The number of carbonyl (C=O) groups excluding carboxylic acids is 1. The van der Waals surface area contributed by atoms with Gasteiger partial charge in [0.05, 0.1) is 18.8 Å². The van der Waals surface area contributed by atoms with Crippen molar-refractivity contribution in [3.05, 3.63) is 50.8 Å². The van der Waals surface area contributed by atoms with Gasteiger partial charge in [0.25, 0.3) is 0 Å². The highest BCUT2D eigenvalue weighted by molar-refractivity contribution is 5.86. The molecule has 0 spiro atoms. The van der Waals surface area contributed by atoms with Crippen molar-refractivity contribution in [2.75, 3.05) is 13.2 Å². The van der Waals surface area contributed by atoms with Crippen molar-refractivity contribution < 1.29 is 23.4 Å². The van der Waals surface area contributed by atoms with E-state index in [2.05, 4.69) is 19.2 Å². The summed E-state index contributed by atoms with van der Waals surface area (Å²) in [5, 5.41) is 3.54. The molecule has 0 amide bonds. The van der Waals surface area contributed by atoms with E-state index in [1.54, 1.807) is 13.0 Å². The molecule has 0 saturated heterocycles. The Labute approximate surface area is 208 Å². The summed E-state index contributed by atoms with van der Waals surface area (Å²) in [6.07, 6.45) is 0.687. The van der Waals surface area contributed by atoms with Crippen molar-refractivity contribution >= 4 is 5.97 Å². The molecule has 0 unspecified atom stereocenters. The van der Waals surface area contributed by atoms with Crippen LogP contribution < -0.4 is 10.1 Å². The third kappa shape index (κ3) is 4.58. The molecular formula is C29H38FNO4. The first-order chi connectivity index (χ1) is 16.5.